The summed E-state index contributed by atoms with van der Waals surface area (Å²) in [7, 11) is 0. The molecular formula is C10H8N4S. The molecule has 2 aromatic heterocycles. The molecular weight excluding hydrogens is 208 g/mol. The topological polar surface area (TPSA) is 61.6 Å². The minimum Gasteiger partial charge on any atom is -0.357 e. The van der Waals surface area contributed by atoms with Crippen molar-refractivity contribution in [2.75, 3.05) is 11.9 Å². The van der Waals surface area contributed by atoms with Gasteiger partial charge in [-0.2, -0.15) is 16.6 Å². The van der Waals surface area contributed by atoms with Crippen LogP contribution in [0.4, 0.5) is 5.82 Å². The molecule has 74 valence electrons. The highest BCUT2D eigenvalue weighted by molar-refractivity contribution is 7.08. The second kappa shape index (κ2) is 4.53. The van der Waals surface area contributed by atoms with Crippen molar-refractivity contribution >= 4 is 17.2 Å². The fourth-order valence-electron chi connectivity index (χ4n) is 1.15. The fourth-order valence-corrected chi connectivity index (χ4v) is 1.80. The normalized spacial score (nSPS) is 9.53. The Morgan fingerprint density at radius 1 is 1.47 bits per heavy atom. The zero-order chi connectivity index (χ0) is 10.5. The summed E-state index contributed by atoms with van der Waals surface area (Å²) in [6, 6.07) is 5.83. The quantitative estimate of drug-likeness (QED) is 0.798. The molecule has 1 N–H and O–H groups in total. The first kappa shape index (κ1) is 9.62. The van der Waals surface area contributed by atoms with Gasteiger partial charge in [0.25, 0.3) is 0 Å². The molecule has 0 saturated carbocycles. The molecule has 0 saturated heterocycles. The maximum Gasteiger partial charge on any atom is 0.130 e. The van der Waals surface area contributed by atoms with Crippen molar-refractivity contribution < 1.29 is 0 Å². The monoisotopic (exact) mass is 216 g/mol. The van der Waals surface area contributed by atoms with Crippen molar-refractivity contribution in [1.82, 2.24) is 9.97 Å². The Bertz CT molecular complexity index is 472. The van der Waals surface area contributed by atoms with Crippen LogP contribution in [0.1, 0.15) is 0 Å². The van der Waals surface area contributed by atoms with Gasteiger partial charge in [0.05, 0.1) is 11.8 Å². The Kier molecular flexibility index (Phi) is 2.90. The van der Waals surface area contributed by atoms with Gasteiger partial charge in [-0.1, -0.05) is 0 Å². The van der Waals surface area contributed by atoms with Crippen molar-refractivity contribution in [1.29, 1.82) is 5.26 Å². The van der Waals surface area contributed by atoms with E-state index in [-0.39, 0.29) is 6.54 Å². The summed E-state index contributed by atoms with van der Waals surface area (Å²) < 4.78 is 0. The molecule has 0 amide bonds. The zero-order valence-corrected chi connectivity index (χ0v) is 8.66. The molecule has 4 nitrogen and oxygen atoms in total. The van der Waals surface area contributed by atoms with E-state index in [2.05, 4.69) is 15.3 Å². The van der Waals surface area contributed by atoms with Gasteiger partial charge in [-0.25, -0.2) is 9.97 Å². The van der Waals surface area contributed by atoms with Crippen LogP contribution >= 0.6 is 11.3 Å². The summed E-state index contributed by atoms with van der Waals surface area (Å²) in [6.45, 7) is 0.250. The Labute approximate surface area is 91.2 Å². The second-order valence-electron chi connectivity index (χ2n) is 2.81. The first-order valence-corrected chi connectivity index (χ1v) is 5.30. The molecule has 2 aromatic rings. The summed E-state index contributed by atoms with van der Waals surface area (Å²) in [5.74, 6) is 0.674. The van der Waals surface area contributed by atoms with Crippen molar-refractivity contribution in [3.63, 3.8) is 0 Å². The van der Waals surface area contributed by atoms with Crippen LogP contribution in [0, 0.1) is 11.3 Å². The highest BCUT2D eigenvalue weighted by Crippen LogP contribution is 2.20. The van der Waals surface area contributed by atoms with E-state index >= 15 is 0 Å². The van der Waals surface area contributed by atoms with E-state index in [1.54, 1.807) is 11.3 Å². The van der Waals surface area contributed by atoms with Crippen molar-refractivity contribution in [3.05, 3.63) is 29.2 Å². The number of hydrogen-bond donors (Lipinski definition) is 1. The standard InChI is InChI=1S/C10H8N4S/c11-2-3-12-10-5-9(13-7-14-10)8-1-4-15-6-8/h1,4-7H,3H2,(H,12,13,14). The third-order valence-electron chi connectivity index (χ3n) is 1.83. The molecule has 0 unspecified atom stereocenters. The van der Waals surface area contributed by atoms with E-state index in [0.717, 1.165) is 11.3 Å². The summed E-state index contributed by atoms with van der Waals surface area (Å²) in [5, 5.41) is 15.3. The smallest absolute Gasteiger partial charge is 0.130 e. The van der Waals surface area contributed by atoms with Crippen LogP contribution in [0.25, 0.3) is 11.3 Å². The molecule has 5 heteroatoms. The molecule has 0 radical (unpaired) electrons. The van der Waals surface area contributed by atoms with Gasteiger partial charge in [0, 0.05) is 17.0 Å². The van der Waals surface area contributed by atoms with Crippen LogP contribution in [0.5, 0.6) is 0 Å². The molecule has 15 heavy (non-hydrogen) atoms. The summed E-state index contributed by atoms with van der Waals surface area (Å²) >= 11 is 1.62. The molecule has 2 rings (SSSR count). The maximum atomic E-state index is 8.43. The number of hydrogen-bond acceptors (Lipinski definition) is 5. The number of nitriles is 1. The molecule has 0 aromatic carbocycles. The van der Waals surface area contributed by atoms with E-state index in [1.807, 2.05) is 29.0 Å². The van der Waals surface area contributed by atoms with Crippen LogP contribution in [-0.2, 0) is 0 Å². The van der Waals surface area contributed by atoms with Crippen molar-refractivity contribution in [3.8, 4) is 17.3 Å². The van der Waals surface area contributed by atoms with Crippen LogP contribution in [0.15, 0.2) is 29.2 Å². The number of aromatic nitrogens is 2. The van der Waals surface area contributed by atoms with Gasteiger partial charge in [0.15, 0.2) is 0 Å². The van der Waals surface area contributed by atoms with E-state index in [1.165, 1.54) is 6.33 Å². The van der Waals surface area contributed by atoms with E-state index in [4.69, 9.17) is 5.26 Å². The van der Waals surface area contributed by atoms with E-state index in [9.17, 15) is 0 Å². The largest absolute Gasteiger partial charge is 0.357 e. The number of nitrogens with one attached hydrogen (secondary N) is 1. The molecule has 0 fully saturated rings. The lowest BCUT2D eigenvalue weighted by Crippen LogP contribution is -2.01. The highest BCUT2D eigenvalue weighted by Gasteiger charge is 2.01. The van der Waals surface area contributed by atoms with Gasteiger partial charge >= 0.3 is 0 Å². The molecule has 0 aliphatic rings. The third kappa shape index (κ3) is 2.30. The van der Waals surface area contributed by atoms with E-state index < -0.39 is 0 Å². The average molecular weight is 216 g/mol. The van der Waals surface area contributed by atoms with Crippen molar-refractivity contribution in [2.24, 2.45) is 0 Å². The van der Waals surface area contributed by atoms with Gasteiger partial charge in [0.2, 0.25) is 0 Å². The van der Waals surface area contributed by atoms with Gasteiger partial charge < -0.3 is 5.32 Å². The van der Waals surface area contributed by atoms with E-state index in [0.29, 0.717) is 5.82 Å². The predicted octanol–water partition coefficient (Wildman–Crippen LogP) is 2.14. The summed E-state index contributed by atoms with van der Waals surface area (Å²) in [6.07, 6.45) is 1.49. The Hall–Kier alpha value is -1.93. The number of rotatable bonds is 3. The highest BCUT2D eigenvalue weighted by atomic mass is 32.1. The summed E-state index contributed by atoms with van der Waals surface area (Å²) in [5.41, 5.74) is 1.94. The molecule has 0 aliphatic heterocycles. The zero-order valence-electron chi connectivity index (χ0n) is 7.84. The SMILES string of the molecule is N#CCNc1cc(-c2ccsc2)ncn1. The maximum absolute atomic E-state index is 8.43. The Morgan fingerprint density at radius 3 is 3.13 bits per heavy atom. The first-order valence-electron chi connectivity index (χ1n) is 4.35. The minimum absolute atomic E-state index is 0.250. The van der Waals surface area contributed by atoms with Crippen LogP contribution in [0.2, 0.25) is 0 Å². The molecule has 0 bridgehead atoms. The average Bonchev–Trinajstić information content (AvgIpc) is 2.80. The molecule has 0 atom stereocenters. The van der Waals surface area contributed by atoms with Crippen LogP contribution < -0.4 is 5.32 Å². The Morgan fingerprint density at radius 2 is 2.40 bits per heavy atom. The molecule has 2 heterocycles. The van der Waals surface area contributed by atoms with Crippen LogP contribution in [-0.4, -0.2) is 16.5 Å². The van der Waals surface area contributed by atoms with Crippen LogP contribution in [0.3, 0.4) is 0 Å². The predicted molar refractivity (Wildman–Crippen MR) is 59.4 cm³/mol. The number of thiophene rings is 1. The van der Waals surface area contributed by atoms with Gasteiger partial charge in [0.1, 0.15) is 18.7 Å². The van der Waals surface area contributed by atoms with Gasteiger partial charge in [-0.3, -0.25) is 0 Å². The molecule has 0 aliphatic carbocycles. The lowest BCUT2D eigenvalue weighted by atomic mass is 10.2. The lowest BCUT2D eigenvalue weighted by Gasteiger charge is -2.01. The Balaban J connectivity index is 2.24. The van der Waals surface area contributed by atoms with Gasteiger partial charge in [-0.05, 0) is 11.4 Å². The first-order chi connectivity index (χ1) is 7.40. The van der Waals surface area contributed by atoms with Crippen molar-refractivity contribution in [2.45, 2.75) is 0 Å². The third-order valence-corrected chi connectivity index (χ3v) is 2.52. The lowest BCUT2D eigenvalue weighted by molar-refractivity contribution is 1.14. The minimum atomic E-state index is 0.250. The second-order valence-corrected chi connectivity index (χ2v) is 3.59. The number of anilines is 1. The fraction of sp³-hybridized carbons (Fsp3) is 0.100. The molecule has 0 spiro atoms. The number of nitrogens with zero attached hydrogens (tertiary/aromatic N) is 3. The summed E-state index contributed by atoms with van der Waals surface area (Å²) in [4.78, 5) is 8.18. The van der Waals surface area contributed by atoms with Gasteiger partial charge in [-0.15, -0.1) is 0 Å².